The first-order valence-electron chi connectivity index (χ1n) is 10.8. The van der Waals surface area contributed by atoms with Gasteiger partial charge in [0, 0.05) is 30.4 Å². The topological polar surface area (TPSA) is 53.6 Å². The van der Waals surface area contributed by atoms with Crippen LogP contribution in [0.3, 0.4) is 0 Å². The van der Waals surface area contributed by atoms with Gasteiger partial charge < -0.3 is 19.7 Å². The third-order valence-corrected chi connectivity index (χ3v) is 6.31. The molecule has 4 atom stereocenters. The number of hydrogen-bond acceptors (Lipinski definition) is 5. The molecule has 1 saturated carbocycles. The maximum absolute atomic E-state index is 13.1. The summed E-state index contributed by atoms with van der Waals surface area (Å²) in [4.78, 5) is 13.1. The number of ether oxygens (including phenoxy) is 1. The van der Waals surface area contributed by atoms with Crippen LogP contribution < -0.4 is 14.9 Å². The van der Waals surface area contributed by atoms with Crippen LogP contribution in [-0.4, -0.2) is 37.7 Å². The standard InChI is InChI=1S/C24H31N3O2S/c1-16-10-23(16)29-15-18-11-19(14-20(12-18)27(2)30)24(28)26-21-8-9-25-22(21)13-17-6-4-3-5-7-17/h3-7,11-12,14,16,21-23,25,30H,8-10,13,15H2,1-2H3,(H,26,28)/t16?,21-,22?,23?/m1/s1. The Balaban J connectivity index is 1.44. The molecule has 1 aliphatic carbocycles. The van der Waals surface area contributed by atoms with E-state index in [2.05, 4.69) is 54.6 Å². The van der Waals surface area contributed by atoms with Crippen molar-refractivity contribution in [3.63, 3.8) is 0 Å². The SMILES string of the molecule is CC1CC1OCc1cc(C(=O)N[C@@H]2CCNC2Cc2ccccc2)cc(N(C)S)c1. The Kier molecular flexibility index (Phi) is 6.66. The molecule has 0 radical (unpaired) electrons. The van der Waals surface area contributed by atoms with E-state index < -0.39 is 0 Å². The first kappa shape index (κ1) is 21.2. The summed E-state index contributed by atoms with van der Waals surface area (Å²) in [6.07, 6.45) is 3.31. The normalized spacial score (nSPS) is 25.2. The van der Waals surface area contributed by atoms with Crippen molar-refractivity contribution in [1.29, 1.82) is 0 Å². The first-order chi connectivity index (χ1) is 14.5. The number of anilines is 1. The summed E-state index contributed by atoms with van der Waals surface area (Å²) in [5, 5.41) is 6.80. The van der Waals surface area contributed by atoms with Crippen LogP contribution >= 0.6 is 12.8 Å². The van der Waals surface area contributed by atoms with Crippen LogP contribution in [0.5, 0.6) is 0 Å². The lowest BCUT2D eigenvalue weighted by atomic mass is 10.00. The molecule has 2 aromatic rings. The van der Waals surface area contributed by atoms with Crippen molar-refractivity contribution in [2.75, 3.05) is 17.9 Å². The van der Waals surface area contributed by atoms with Crippen molar-refractivity contribution < 1.29 is 9.53 Å². The fraction of sp³-hybridized carbons (Fsp3) is 0.458. The van der Waals surface area contributed by atoms with Gasteiger partial charge in [-0.15, -0.1) is 0 Å². The van der Waals surface area contributed by atoms with E-state index in [-0.39, 0.29) is 18.0 Å². The van der Waals surface area contributed by atoms with E-state index in [0.29, 0.717) is 24.2 Å². The summed E-state index contributed by atoms with van der Waals surface area (Å²) in [6, 6.07) is 16.6. The minimum absolute atomic E-state index is 0.0418. The van der Waals surface area contributed by atoms with Gasteiger partial charge in [0.25, 0.3) is 5.91 Å². The number of benzene rings is 2. The number of thiol groups is 1. The van der Waals surface area contributed by atoms with Gasteiger partial charge in [-0.2, -0.15) is 0 Å². The molecule has 6 heteroatoms. The van der Waals surface area contributed by atoms with Crippen LogP contribution in [0, 0.1) is 5.92 Å². The lowest BCUT2D eigenvalue weighted by molar-refractivity contribution is 0.0929. The fourth-order valence-electron chi connectivity index (χ4n) is 4.07. The van der Waals surface area contributed by atoms with E-state index in [1.54, 1.807) is 4.31 Å². The van der Waals surface area contributed by atoms with Gasteiger partial charge in [-0.05, 0) is 61.1 Å². The summed E-state index contributed by atoms with van der Waals surface area (Å²) in [5.74, 6) is 0.597. The van der Waals surface area contributed by atoms with E-state index in [1.807, 2.05) is 31.3 Å². The molecule has 2 aliphatic rings. The zero-order valence-electron chi connectivity index (χ0n) is 17.7. The number of nitrogens with zero attached hydrogens (tertiary/aromatic N) is 1. The Labute approximate surface area is 184 Å². The average molecular weight is 426 g/mol. The molecule has 1 saturated heterocycles. The Morgan fingerprint density at radius 2 is 2.00 bits per heavy atom. The van der Waals surface area contributed by atoms with Crippen LogP contribution in [0.1, 0.15) is 41.3 Å². The highest BCUT2D eigenvalue weighted by Crippen LogP contribution is 2.33. The van der Waals surface area contributed by atoms with Gasteiger partial charge in [0.1, 0.15) is 0 Å². The number of rotatable bonds is 8. The number of carbonyl (C=O) groups is 1. The summed E-state index contributed by atoms with van der Waals surface area (Å²) in [6.45, 7) is 3.63. The molecule has 3 unspecified atom stereocenters. The van der Waals surface area contributed by atoms with Gasteiger partial charge in [0.15, 0.2) is 0 Å². The predicted molar refractivity (Wildman–Crippen MR) is 124 cm³/mol. The van der Waals surface area contributed by atoms with E-state index in [1.165, 1.54) is 5.56 Å². The van der Waals surface area contributed by atoms with E-state index in [0.717, 1.165) is 37.1 Å². The lowest BCUT2D eigenvalue weighted by Gasteiger charge is -2.22. The summed E-state index contributed by atoms with van der Waals surface area (Å²) < 4.78 is 7.68. The Morgan fingerprint density at radius 1 is 1.23 bits per heavy atom. The van der Waals surface area contributed by atoms with Crippen LogP contribution in [0.25, 0.3) is 0 Å². The fourth-order valence-corrected chi connectivity index (χ4v) is 4.19. The zero-order chi connectivity index (χ0) is 21.1. The Hall–Kier alpha value is -2.02. The van der Waals surface area contributed by atoms with Crippen molar-refractivity contribution in [2.24, 2.45) is 5.92 Å². The van der Waals surface area contributed by atoms with Crippen molar-refractivity contribution in [3.05, 3.63) is 65.2 Å². The first-order valence-corrected chi connectivity index (χ1v) is 11.2. The monoisotopic (exact) mass is 425 g/mol. The second kappa shape index (κ2) is 9.41. The van der Waals surface area contributed by atoms with Gasteiger partial charge in [-0.3, -0.25) is 4.79 Å². The molecular weight excluding hydrogens is 394 g/mol. The van der Waals surface area contributed by atoms with Crippen LogP contribution in [-0.2, 0) is 17.8 Å². The maximum atomic E-state index is 13.1. The van der Waals surface area contributed by atoms with Crippen molar-refractivity contribution >= 4 is 24.4 Å². The molecule has 1 heterocycles. The number of carbonyl (C=O) groups excluding carboxylic acids is 1. The quantitative estimate of drug-likeness (QED) is 0.566. The van der Waals surface area contributed by atoms with Crippen LogP contribution in [0.4, 0.5) is 5.69 Å². The van der Waals surface area contributed by atoms with Gasteiger partial charge in [0.05, 0.1) is 12.7 Å². The zero-order valence-corrected chi connectivity index (χ0v) is 18.6. The Morgan fingerprint density at radius 3 is 2.70 bits per heavy atom. The highest BCUT2D eigenvalue weighted by atomic mass is 32.1. The molecule has 0 aromatic heterocycles. The van der Waals surface area contributed by atoms with E-state index in [4.69, 9.17) is 4.74 Å². The largest absolute Gasteiger partial charge is 0.373 e. The molecule has 1 aliphatic heterocycles. The van der Waals surface area contributed by atoms with Gasteiger partial charge in [-0.1, -0.05) is 50.1 Å². The minimum Gasteiger partial charge on any atom is -0.373 e. The van der Waals surface area contributed by atoms with Gasteiger partial charge in [-0.25, -0.2) is 0 Å². The molecule has 2 N–H and O–H groups in total. The van der Waals surface area contributed by atoms with E-state index >= 15 is 0 Å². The van der Waals surface area contributed by atoms with Crippen molar-refractivity contribution in [2.45, 2.75) is 51.0 Å². The summed E-state index contributed by atoms with van der Waals surface area (Å²) in [5.41, 5.74) is 3.83. The molecule has 30 heavy (non-hydrogen) atoms. The number of amides is 1. The summed E-state index contributed by atoms with van der Waals surface area (Å²) >= 11 is 4.42. The molecule has 2 aromatic carbocycles. The minimum atomic E-state index is -0.0418. The summed E-state index contributed by atoms with van der Waals surface area (Å²) in [7, 11) is 1.87. The number of nitrogens with one attached hydrogen (secondary N) is 2. The lowest BCUT2D eigenvalue weighted by Crippen LogP contribution is -2.44. The molecule has 160 valence electrons. The molecule has 4 rings (SSSR count). The average Bonchev–Trinajstić information content (AvgIpc) is 3.29. The number of hydrogen-bond donors (Lipinski definition) is 3. The third kappa shape index (κ3) is 5.36. The second-order valence-electron chi connectivity index (χ2n) is 8.59. The van der Waals surface area contributed by atoms with Gasteiger partial charge in [0.2, 0.25) is 0 Å². The van der Waals surface area contributed by atoms with Gasteiger partial charge >= 0.3 is 0 Å². The van der Waals surface area contributed by atoms with Crippen molar-refractivity contribution in [1.82, 2.24) is 10.6 Å². The molecule has 1 amide bonds. The van der Waals surface area contributed by atoms with Crippen LogP contribution in [0.2, 0.25) is 0 Å². The molecular formula is C24H31N3O2S. The van der Waals surface area contributed by atoms with E-state index in [9.17, 15) is 4.79 Å². The molecule has 0 spiro atoms. The molecule has 5 nitrogen and oxygen atoms in total. The molecule has 2 fully saturated rings. The highest BCUT2D eigenvalue weighted by Gasteiger charge is 2.33. The predicted octanol–water partition coefficient (Wildman–Crippen LogP) is 3.60. The Bertz CT molecular complexity index is 874. The molecule has 0 bridgehead atoms. The second-order valence-corrected chi connectivity index (χ2v) is 9.19. The van der Waals surface area contributed by atoms with Crippen molar-refractivity contribution in [3.8, 4) is 0 Å². The smallest absolute Gasteiger partial charge is 0.251 e. The maximum Gasteiger partial charge on any atom is 0.251 e. The highest BCUT2D eigenvalue weighted by molar-refractivity contribution is 7.81. The van der Waals surface area contributed by atoms with Crippen LogP contribution in [0.15, 0.2) is 48.5 Å². The third-order valence-electron chi connectivity index (χ3n) is 6.08.